The normalized spacial score (nSPS) is 22.4. The first kappa shape index (κ1) is 14.3. The summed E-state index contributed by atoms with van der Waals surface area (Å²) >= 11 is 0. The molecule has 20 heavy (non-hydrogen) atoms. The van der Waals surface area contributed by atoms with E-state index in [1.54, 1.807) is 35.3 Å². The third-order valence-electron chi connectivity index (χ3n) is 3.79. The van der Waals surface area contributed by atoms with Crippen LogP contribution in [0, 0.1) is 5.92 Å². The lowest BCUT2D eigenvalue weighted by Crippen LogP contribution is -2.50. The van der Waals surface area contributed by atoms with Gasteiger partial charge in [0.2, 0.25) is 0 Å². The number of likely N-dealkylation sites (tertiary alicyclic amines) is 1. The number of carbonyl (C=O) groups is 2. The number of aromatic nitrogens is 1. The van der Waals surface area contributed by atoms with Crippen LogP contribution in [0.2, 0.25) is 0 Å². The van der Waals surface area contributed by atoms with Gasteiger partial charge in [-0.2, -0.15) is 0 Å². The lowest BCUT2D eigenvalue weighted by molar-refractivity contribution is -0.143. The Morgan fingerprint density at radius 2 is 2.25 bits per heavy atom. The number of anilines is 1. The third-order valence-corrected chi connectivity index (χ3v) is 3.79. The van der Waals surface area contributed by atoms with Gasteiger partial charge in [-0.25, -0.2) is 4.79 Å². The van der Waals surface area contributed by atoms with Crippen LogP contribution in [0.1, 0.15) is 19.8 Å². The highest BCUT2D eigenvalue weighted by atomic mass is 16.4. The summed E-state index contributed by atoms with van der Waals surface area (Å²) < 4.78 is 0. The van der Waals surface area contributed by atoms with E-state index >= 15 is 0 Å². The quantitative estimate of drug-likeness (QED) is 0.895. The number of piperidine rings is 1. The van der Waals surface area contributed by atoms with E-state index in [0.717, 1.165) is 5.69 Å². The zero-order valence-electron chi connectivity index (χ0n) is 11.7. The highest BCUT2D eigenvalue weighted by molar-refractivity contribution is 5.91. The van der Waals surface area contributed by atoms with Gasteiger partial charge >= 0.3 is 12.0 Å². The zero-order valence-corrected chi connectivity index (χ0v) is 11.7. The topological polar surface area (TPSA) is 73.7 Å². The third kappa shape index (κ3) is 2.89. The van der Waals surface area contributed by atoms with Crippen LogP contribution < -0.4 is 4.90 Å². The summed E-state index contributed by atoms with van der Waals surface area (Å²) in [7, 11) is 1.70. The van der Waals surface area contributed by atoms with Crippen molar-refractivity contribution in [3.63, 3.8) is 0 Å². The molecule has 1 aliphatic heterocycles. The van der Waals surface area contributed by atoms with Gasteiger partial charge in [-0.3, -0.25) is 14.7 Å². The molecule has 1 aromatic rings. The van der Waals surface area contributed by atoms with Gasteiger partial charge in [-0.05, 0) is 31.9 Å². The Kier molecular flexibility index (Phi) is 4.22. The molecular weight excluding hydrogens is 258 g/mol. The van der Waals surface area contributed by atoms with Gasteiger partial charge in [-0.15, -0.1) is 0 Å². The summed E-state index contributed by atoms with van der Waals surface area (Å²) in [6, 6.07) is 3.41. The van der Waals surface area contributed by atoms with E-state index < -0.39 is 5.97 Å². The van der Waals surface area contributed by atoms with Gasteiger partial charge in [0.25, 0.3) is 0 Å². The number of hydrogen-bond donors (Lipinski definition) is 1. The average Bonchev–Trinajstić information content (AvgIpc) is 2.46. The molecular formula is C14H19N3O3. The first-order valence-corrected chi connectivity index (χ1v) is 6.68. The number of carboxylic acid groups (broad SMARTS) is 1. The predicted octanol–water partition coefficient (Wildman–Crippen LogP) is 1.82. The van der Waals surface area contributed by atoms with Crippen LogP contribution in [0.5, 0.6) is 0 Å². The Morgan fingerprint density at radius 3 is 2.80 bits per heavy atom. The fourth-order valence-corrected chi connectivity index (χ4v) is 2.54. The molecule has 2 atom stereocenters. The van der Waals surface area contributed by atoms with E-state index in [1.807, 2.05) is 13.0 Å². The molecule has 1 aromatic heterocycles. The van der Waals surface area contributed by atoms with Crippen molar-refractivity contribution in [2.75, 3.05) is 18.5 Å². The first-order valence-electron chi connectivity index (χ1n) is 6.68. The molecule has 0 spiro atoms. The van der Waals surface area contributed by atoms with Crippen molar-refractivity contribution in [1.29, 1.82) is 0 Å². The van der Waals surface area contributed by atoms with Crippen LogP contribution in [0.4, 0.5) is 10.5 Å². The van der Waals surface area contributed by atoms with E-state index in [9.17, 15) is 9.59 Å². The summed E-state index contributed by atoms with van der Waals surface area (Å²) in [6.45, 7) is 2.37. The number of nitrogens with zero attached hydrogens (tertiary/aromatic N) is 3. The molecule has 6 nitrogen and oxygen atoms in total. The van der Waals surface area contributed by atoms with Crippen molar-refractivity contribution in [3.05, 3.63) is 24.5 Å². The molecule has 0 aromatic carbocycles. The predicted molar refractivity (Wildman–Crippen MR) is 74.6 cm³/mol. The molecule has 0 saturated carbocycles. The lowest BCUT2D eigenvalue weighted by Gasteiger charge is -2.38. The molecule has 1 aliphatic rings. The fraction of sp³-hybridized carbons (Fsp3) is 0.500. The van der Waals surface area contributed by atoms with E-state index in [1.165, 1.54) is 0 Å². The molecule has 2 amide bonds. The van der Waals surface area contributed by atoms with Crippen LogP contribution in [0.25, 0.3) is 0 Å². The Morgan fingerprint density at radius 1 is 1.50 bits per heavy atom. The summed E-state index contributed by atoms with van der Waals surface area (Å²) in [4.78, 5) is 30.7. The minimum absolute atomic E-state index is 0.0727. The number of carbonyl (C=O) groups excluding carboxylic acids is 1. The van der Waals surface area contributed by atoms with Gasteiger partial charge < -0.3 is 10.0 Å². The number of rotatable bonds is 2. The number of aliphatic carboxylic acids is 1. The molecule has 2 rings (SSSR count). The lowest BCUT2D eigenvalue weighted by atomic mass is 9.92. The van der Waals surface area contributed by atoms with Crippen molar-refractivity contribution < 1.29 is 14.7 Å². The van der Waals surface area contributed by atoms with Crippen molar-refractivity contribution in [1.82, 2.24) is 9.88 Å². The molecule has 1 saturated heterocycles. The van der Waals surface area contributed by atoms with Crippen LogP contribution in [0.15, 0.2) is 24.5 Å². The van der Waals surface area contributed by atoms with Crippen LogP contribution >= 0.6 is 0 Å². The summed E-state index contributed by atoms with van der Waals surface area (Å²) in [5, 5.41) is 9.05. The maximum Gasteiger partial charge on any atom is 0.324 e. The summed E-state index contributed by atoms with van der Waals surface area (Å²) in [5.41, 5.74) is 0.727. The minimum Gasteiger partial charge on any atom is -0.481 e. The van der Waals surface area contributed by atoms with E-state index in [-0.39, 0.29) is 18.0 Å². The molecule has 108 valence electrons. The standard InChI is InChI=1S/C14H19N3O3/c1-10-8-11(13(18)19)5-7-17(10)14(20)16(2)12-4-3-6-15-9-12/h3-4,6,9-11H,5,7-8H2,1-2H3,(H,18,19). The van der Waals surface area contributed by atoms with E-state index in [2.05, 4.69) is 4.98 Å². The molecule has 0 aliphatic carbocycles. The monoisotopic (exact) mass is 277 g/mol. The number of amides is 2. The Balaban J connectivity index is 2.05. The molecule has 1 fully saturated rings. The maximum atomic E-state index is 12.5. The number of hydrogen-bond acceptors (Lipinski definition) is 3. The molecule has 2 unspecified atom stereocenters. The van der Waals surface area contributed by atoms with Gasteiger partial charge in [0.1, 0.15) is 0 Å². The second-order valence-corrected chi connectivity index (χ2v) is 5.15. The number of urea groups is 1. The van der Waals surface area contributed by atoms with Crippen LogP contribution in [-0.2, 0) is 4.79 Å². The van der Waals surface area contributed by atoms with Crippen LogP contribution in [-0.4, -0.2) is 46.6 Å². The van der Waals surface area contributed by atoms with Crippen molar-refractivity contribution >= 4 is 17.7 Å². The first-order chi connectivity index (χ1) is 9.50. The second kappa shape index (κ2) is 5.90. The summed E-state index contributed by atoms with van der Waals surface area (Å²) in [5.74, 6) is -1.12. The summed E-state index contributed by atoms with van der Waals surface area (Å²) in [6.07, 6.45) is 4.30. The average molecular weight is 277 g/mol. The minimum atomic E-state index is -0.774. The molecule has 0 bridgehead atoms. The number of carboxylic acids is 1. The van der Waals surface area contributed by atoms with E-state index in [4.69, 9.17) is 5.11 Å². The molecule has 2 heterocycles. The van der Waals surface area contributed by atoms with Gasteiger partial charge in [0, 0.05) is 25.8 Å². The fourth-order valence-electron chi connectivity index (χ4n) is 2.54. The highest BCUT2D eigenvalue weighted by Crippen LogP contribution is 2.25. The van der Waals surface area contributed by atoms with Crippen LogP contribution in [0.3, 0.4) is 0 Å². The SMILES string of the molecule is CC1CC(C(=O)O)CCN1C(=O)N(C)c1cccnc1. The zero-order chi connectivity index (χ0) is 14.7. The van der Waals surface area contributed by atoms with Gasteiger partial charge in [0.15, 0.2) is 0 Å². The van der Waals surface area contributed by atoms with Gasteiger partial charge in [-0.1, -0.05) is 0 Å². The maximum absolute atomic E-state index is 12.5. The van der Waals surface area contributed by atoms with Gasteiger partial charge in [0.05, 0.1) is 17.8 Å². The smallest absolute Gasteiger partial charge is 0.324 e. The Hall–Kier alpha value is -2.11. The number of pyridine rings is 1. The van der Waals surface area contributed by atoms with Crippen molar-refractivity contribution in [2.24, 2.45) is 5.92 Å². The molecule has 0 radical (unpaired) electrons. The molecule has 6 heteroatoms. The Bertz CT molecular complexity index is 492. The largest absolute Gasteiger partial charge is 0.481 e. The van der Waals surface area contributed by atoms with Crippen molar-refractivity contribution in [2.45, 2.75) is 25.8 Å². The highest BCUT2D eigenvalue weighted by Gasteiger charge is 2.33. The van der Waals surface area contributed by atoms with Crippen molar-refractivity contribution in [3.8, 4) is 0 Å². The Labute approximate surface area is 118 Å². The van der Waals surface area contributed by atoms with E-state index in [0.29, 0.717) is 19.4 Å². The second-order valence-electron chi connectivity index (χ2n) is 5.15. The molecule has 1 N–H and O–H groups in total.